The molecule has 0 aromatic heterocycles. The van der Waals surface area contributed by atoms with Gasteiger partial charge in [0.25, 0.3) is 0 Å². The highest BCUT2D eigenvalue weighted by atomic mass is 15.0. The third-order valence-electron chi connectivity index (χ3n) is 3.71. The fourth-order valence-electron chi connectivity index (χ4n) is 2.38. The van der Waals surface area contributed by atoms with Gasteiger partial charge in [-0.05, 0) is 39.4 Å². The maximum absolute atomic E-state index is 4.66. The Morgan fingerprint density at radius 2 is 1.71 bits per heavy atom. The Hall–Kier alpha value is -1.46. The number of hydrogen-bond donors (Lipinski definition) is 3. The molecule has 5 heteroatoms. The Morgan fingerprint density at radius 3 is 2.48 bits per heavy atom. The number of hydrogen-bond acceptors (Lipinski definition) is 5. The number of allylic oxidation sites excluding steroid dienone is 3. The Kier molecular flexibility index (Phi) is 6.63. The molecular formula is C16H27N5. The summed E-state index contributed by atoms with van der Waals surface area (Å²) in [5.41, 5.74) is 3.29. The highest BCUT2D eigenvalue weighted by Gasteiger charge is 2.14. The highest BCUT2D eigenvalue weighted by molar-refractivity contribution is 6.00. The minimum atomic E-state index is 0.182. The molecule has 2 rings (SSSR count). The van der Waals surface area contributed by atoms with Crippen LogP contribution < -0.4 is 16.0 Å². The molecule has 2 heterocycles. The van der Waals surface area contributed by atoms with E-state index < -0.39 is 0 Å². The van der Waals surface area contributed by atoms with Crippen molar-refractivity contribution in [1.82, 2.24) is 16.0 Å². The molecular weight excluding hydrogens is 262 g/mol. The van der Waals surface area contributed by atoms with Crippen molar-refractivity contribution in [3.05, 3.63) is 23.9 Å². The molecule has 1 atom stereocenters. The summed E-state index contributed by atoms with van der Waals surface area (Å²) >= 11 is 0. The minimum absolute atomic E-state index is 0.182. The molecule has 116 valence electrons. The molecule has 2 aliphatic heterocycles. The van der Waals surface area contributed by atoms with Gasteiger partial charge in [0.05, 0.1) is 30.5 Å². The number of aliphatic imine (C=N–C) groups is 2. The smallest absolute Gasteiger partial charge is 0.0826 e. The van der Waals surface area contributed by atoms with E-state index in [4.69, 9.17) is 0 Å². The summed E-state index contributed by atoms with van der Waals surface area (Å²) in [7, 11) is 0. The van der Waals surface area contributed by atoms with Gasteiger partial charge >= 0.3 is 0 Å². The van der Waals surface area contributed by atoms with E-state index >= 15 is 0 Å². The molecule has 3 N–H and O–H groups in total. The molecule has 0 aromatic carbocycles. The van der Waals surface area contributed by atoms with Crippen molar-refractivity contribution in [3.63, 3.8) is 0 Å². The fourth-order valence-corrected chi connectivity index (χ4v) is 2.38. The Labute approximate surface area is 127 Å². The van der Waals surface area contributed by atoms with Crippen LogP contribution in [0.15, 0.2) is 33.9 Å². The second-order valence-corrected chi connectivity index (χ2v) is 5.43. The third kappa shape index (κ3) is 5.44. The van der Waals surface area contributed by atoms with Crippen molar-refractivity contribution in [3.8, 4) is 0 Å². The summed E-state index contributed by atoms with van der Waals surface area (Å²) in [4.78, 5) is 9.29. The van der Waals surface area contributed by atoms with Crippen molar-refractivity contribution < 1.29 is 0 Å². The van der Waals surface area contributed by atoms with Gasteiger partial charge in [0.2, 0.25) is 0 Å². The summed E-state index contributed by atoms with van der Waals surface area (Å²) in [6.07, 6.45) is 7.46. The van der Waals surface area contributed by atoms with Gasteiger partial charge in [-0.15, -0.1) is 0 Å². The van der Waals surface area contributed by atoms with Crippen molar-refractivity contribution in [2.75, 3.05) is 39.3 Å². The quantitative estimate of drug-likeness (QED) is 0.621. The van der Waals surface area contributed by atoms with Crippen LogP contribution in [0.3, 0.4) is 0 Å². The zero-order chi connectivity index (χ0) is 14.9. The molecule has 2 aliphatic rings. The molecule has 0 amide bonds. The largest absolute Gasteiger partial charge is 0.372 e. The predicted molar refractivity (Wildman–Crippen MR) is 90.5 cm³/mol. The number of nitrogens with zero attached hydrogens (tertiary/aromatic N) is 2. The number of nitrogens with one attached hydrogen (secondary N) is 3. The minimum Gasteiger partial charge on any atom is -0.372 e. The molecule has 0 saturated carbocycles. The molecule has 5 nitrogen and oxygen atoms in total. The molecule has 21 heavy (non-hydrogen) atoms. The lowest BCUT2D eigenvalue weighted by Crippen LogP contribution is -2.37. The van der Waals surface area contributed by atoms with E-state index in [2.05, 4.69) is 58.0 Å². The molecule has 0 fully saturated rings. The van der Waals surface area contributed by atoms with Gasteiger partial charge < -0.3 is 16.0 Å². The molecule has 0 spiro atoms. The van der Waals surface area contributed by atoms with Crippen LogP contribution in [0.25, 0.3) is 0 Å². The third-order valence-corrected chi connectivity index (χ3v) is 3.71. The predicted octanol–water partition coefficient (Wildman–Crippen LogP) is 0.903. The normalized spacial score (nSPS) is 25.4. The average Bonchev–Trinajstić information content (AvgIpc) is 2.51. The highest BCUT2D eigenvalue weighted by Crippen LogP contribution is 2.06. The summed E-state index contributed by atoms with van der Waals surface area (Å²) in [6.45, 7) is 9.76. The van der Waals surface area contributed by atoms with E-state index in [1.54, 1.807) is 0 Å². The van der Waals surface area contributed by atoms with Crippen LogP contribution in [0.1, 0.15) is 20.3 Å². The van der Waals surface area contributed by atoms with Gasteiger partial charge in [-0.1, -0.05) is 12.2 Å². The molecule has 0 aromatic rings. The van der Waals surface area contributed by atoms with Crippen LogP contribution in [-0.4, -0.2) is 56.7 Å². The van der Waals surface area contributed by atoms with Crippen molar-refractivity contribution in [1.29, 1.82) is 0 Å². The second-order valence-electron chi connectivity index (χ2n) is 5.43. The van der Waals surface area contributed by atoms with Crippen molar-refractivity contribution >= 4 is 11.4 Å². The van der Waals surface area contributed by atoms with Crippen LogP contribution in [0.2, 0.25) is 0 Å². The van der Waals surface area contributed by atoms with Gasteiger partial charge in [0.15, 0.2) is 0 Å². The van der Waals surface area contributed by atoms with Crippen LogP contribution in [0.4, 0.5) is 0 Å². The molecule has 1 unspecified atom stereocenters. The summed E-state index contributed by atoms with van der Waals surface area (Å²) in [5, 5.41) is 10.4. The van der Waals surface area contributed by atoms with Gasteiger partial charge in [-0.2, -0.15) is 0 Å². The monoisotopic (exact) mass is 289 g/mol. The SMILES string of the molecule is CC1=NCCNCCCNCCN=C(C)C2C=CC=C1N2. The van der Waals surface area contributed by atoms with Gasteiger partial charge in [0.1, 0.15) is 0 Å². The second kappa shape index (κ2) is 8.74. The van der Waals surface area contributed by atoms with Crippen LogP contribution in [-0.2, 0) is 0 Å². The van der Waals surface area contributed by atoms with E-state index in [0.717, 1.165) is 62.8 Å². The maximum Gasteiger partial charge on any atom is 0.0826 e. The van der Waals surface area contributed by atoms with Gasteiger partial charge in [-0.3, -0.25) is 9.98 Å². The summed E-state index contributed by atoms with van der Waals surface area (Å²) < 4.78 is 0. The molecule has 0 radical (unpaired) electrons. The fraction of sp³-hybridized carbons (Fsp3) is 0.625. The number of rotatable bonds is 0. The van der Waals surface area contributed by atoms with E-state index in [1.807, 2.05) is 0 Å². The first-order chi connectivity index (χ1) is 10.3. The van der Waals surface area contributed by atoms with Crippen LogP contribution in [0, 0.1) is 0 Å². The maximum atomic E-state index is 4.66. The Bertz CT molecular complexity index is 448. The number of dihydropyridines is 1. The zero-order valence-corrected chi connectivity index (χ0v) is 13.2. The Balaban J connectivity index is 2.03. The van der Waals surface area contributed by atoms with Gasteiger partial charge in [0, 0.05) is 18.8 Å². The Morgan fingerprint density at radius 1 is 1.00 bits per heavy atom. The average molecular weight is 289 g/mol. The van der Waals surface area contributed by atoms with Crippen LogP contribution in [0.5, 0.6) is 0 Å². The summed E-state index contributed by atoms with van der Waals surface area (Å²) in [5.74, 6) is 0. The van der Waals surface area contributed by atoms with E-state index in [-0.39, 0.29) is 6.04 Å². The topological polar surface area (TPSA) is 60.8 Å². The number of fused-ring (bicyclic) bond motifs is 2. The van der Waals surface area contributed by atoms with Crippen LogP contribution >= 0.6 is 0 Å². The molecule has 0 aliphatic carbocycles. The van der Waals surface area contributed by atoms with Crippen molar-refractivity contribution in [2.45, 2.75) is 26.3 Å². The zero-order valence-electron chi connectivity index (χ0n) is 13.2. The summed E-state index contributed by atoms with van der Waals surface area (Å²) in [6, 6.07) is 0.182. The standard InChI is InChI=1S/C16H27N5/c1-13-15-5-3-6-16(21-15)14(2)20-12-10-18-8-4-7-17-9-11-19-13/h3,5-6,15,17-18,21H,4,7-12H2,1-2H3. The first kappa shape index (κ1) is 15.9. The molecule has 0 saturated heterocycles. The molecule has 2 bridgehead atoms. The first-order valence-electron chi connectivity index (χ1n) is 7.86. The lowest BCUT2D eigenvalue weighted by atomic mass is 10.1. The van der Waals surface area contributed by atoms with E-state index in [0.29, 0.717) is 0 Å². The van der Waals surface area contributed by atoms with E-state index in [1.165, 1.54) is 0 Å². The van der Waals surface area contributed by atoms with Gasteiger partial charge in [-0.25, -0.2) is 0 Å². The lowest BCUT2D eigenvalue weighted by Gasteiger charge is -2.22. The lowest BCUT2D eigenvalue weighted by molar-refractivity contribution is 0.601. The van der Waals surface area contributed by atoms with Crippen molar-refractivity contribution in [2.24, 2.45) is 9.98 Å². The van der Waals surface area contributed by atoms with E-state index in [9.17, 15) is 0 Å². The first-order valence-corrected chi connectivity index (χ1v) is 7.86.